The van der Waals surface area contributed by atoms with Gasteiger partial charge in [-0.2, -0.15) is 0 Å². The van der Waals surface area contributed by atoms with Crippen LogP contribution in [0.25, 0.3) is 0 Å². The Morgan fingerprint density at radius 3 is 2.89 bits per heavy atom. The number of rotatable bonds is 1. The summed E-state index contributed by atoms with van der Waals surface area (Å²) < 4.78 is 0. The van der Waals surface area contributed by atoms with Gasteiger partial charge >= 0.3 is 5.97 Å². The molecule has 50 valence electrons. The normalized spacial score (nSPS) is 33.0. The minimum Gasteiger partial charge on any atom is -0.478 e. The van der Waals surface area contributed by atoms with Crippen LogP contribution in [-0.4, -0.2) is 28.0 Å². The fraction of sp³-hybridized carbons (Fsp3) is 0.500. The van der Waals surface area contributed by atoms with Crippen LogP contribution in [0.2, 0.25) is 0 Å². The number of thioether (sulfide) groups is 1. The molecule has 0 bridgehead atoms. The minimum atomic E-state index is -1.40. The van der Waals surface area contributed by atoms with Crippen LogP contribution < -0.4 is 5.73 Å². The van der Waals surface area contributed by atoms with Crippen LogP contribution in [0.1, 0.15) is 0 Å². The molecular formula is C4H6N2O2S. The quantitative estimate of drug-likeness (QED) is 0.523. The molecule has 0 aromatic carbocycles. The lowest BCUT2D eigenvalue weighted by atomic mass is 10.5. The van der Waals surface area contributed by atoms with Crippen LogP contribution in [0.4, 0.5) is 0 Å². The van der Waals surface area contributed by atoms with E-state index in [-0.39, 0.29) is 0 Å². The number of hydrogen-bond acceptors (Lipinski definition) is 4. The molecule has 1 aliphatic rings. The van der Waals surface area contributed by atoms with Gasteiger partial charge < -0.3 is 5.11 Å². The second-order valence-electron chi connectivity index (χ2n) is 1.62. The highest BCUT2D eigenvalue weighted by molar-refractivity contribution is 8.02. The zero-order valence-corrected chi connectivity index (χ0v) is 5.39. The first-order valence-corrected chi connectivity index (χ1v) is 3.33. The maximum Gasteiger partial charge on any atom is 0.357 e. The molecular weight excluding hydrogens is 140 g/mol. The van der Waals surface area contributed by atoms with Crippen LogP contribution in [0, 0.1) is 0 Å². The van der Waals surface area contributed by atoms with E-state index < -0.39 is 11.0 Å². The predicted molar refractivity (Wildman–Crippen MR) is 35.5 cm³/mol. The van der Waals surface area contributed by atoms with Crippen molar-refractivity contribution in [3.63, 3.8) is 0 Å². The smallest absolute Gasteiger partial charge is 0.357 e. The molecule has 0 radical (unpaired) electrons. The molecule has 0 fully saturated rings. The van der Waals surface area contributed by atoms with E-state index in [2.05, 4.69) is 4.99 Å². The van der Waals surface area contributed by atoms with E-state index in [1.807, 2.05) is 0 Å². The van der Waals surface area contributed by atoms with E-state index in [0.29, 0.717) is 5.75 Å². The van der Waals surface area contributed by atoms with Gasteiger partial charge in [0.1, 0.15) is 0 Å². The summed E-state index contributed by atoms with van der Waals surface area (Å²) >= 11 is 1.11. The van der Waals surface area contributed by atoms with Crippen molar-refractivity contribution in [1.82, 2.24) is 0 Å². The lowest BCUT2D eigenvalue weighted by Crippen LogP contribution is -2.40. The number of aliphatic imine (C=N–C) groups is 1. The maximum absolute atomic E-state index is 10.3. The number of hydrogen-bond donors (Lipinski definition) is 2. The van der Waals surface area contributed by atoms with E-state index >= 15 is 0 Å². The Morgan fingerprint density at radius 2 is 2.67 bits per heavy atom. The third-order valence-corrected chi connectivity index (χ3v) is 2.00. The first-order valence-electron chi connectivity index (χ1n) is 2.35. The second-order valence-corrected chi connectivity index (χ2v) is 2.87. The Morgan fingerprint density at radius 1 is 2.00 bits per heavy atom. The summed E-state index contributed by atoms with van der Waals surface area (Å²) in [6.07, 6.45) is 1.51. The highest BCUT2D eigenvalue weighted by Gasteiger charge is 2.35. The van der Waals surface area contributed by atoms with Gasteiger partial charge in [-0.25, -0.2) is 4.79 Å². The summed E-state index contributed by atoms with van der Waals surface area (Å²) in [7, 11) is 0. The standard InChI is InChI=1S/C4H6N2O2S/c5-4(3(7)8)6-1-2-9-4/h1H,2,5H2,(H,7,8)/t4-/m0/s1. The number of carboxylic acids is 1. The largest absolute Gasteiger partial charge is 0.478 e. The zero-order valence-electron chi connectivity index (χ0n) is 4.57. The van der Waals surface area contributed by atoms with Crippen LogP contribution in [0.5, 0.6) is 0 Å². The van der Waals surface area contributed by atoms with E-state index in [9.17, 15) is 4.79 Å². The molecule has 1 atom stereocenters. The third kappa shape index (κ3) is 1.06. The van der Waals surface area contributed by atoms with Gasteiger partial charge in [0.2, 0.25) is 0 Å². The van der Waals surface area contributed by atoms with Gasteiger partial charge in [0.15, 0.2) is 0 Å². The molecule has 0 spiro atoms. The topological polar surface area (TPSA) is 75.7 Å². The summed E-state index contributed by atoms with van der Waals surface area (Å²) in [5.41, 5.74) is 5.27. The lowest BCUT2D eigenvalue weighted by Gasteiger charge is -2.11. The monoisotopic (exact) mass is 146 g/mol. The summed E-state index contributed by atoms with van der Waals surface area (Å²) in [5, 5.41) is 8.41. The van der Waals surface area contributed by atoms with E-state index in [1.54, 1.807) is 0 Å². The SMILES string of the molecule is N[C@@]1(C(=O)O)N=CCS1. The maximum atomic E-state index is 10.3. The van der Waals surface area contributed by atoms with Crippen molar-refractivity contribution >= 4 is 23.9 Å². The highest BCUT2D eigenvalue weighted by Crippen LogP contribution is 2.24. The Balaban J connectivity index is 2.74. The molecule has 0 saturated carbocycles. The van der Waals surface area contributed by atoms with E-state index in [0.717, 1.165) is 11.8 Å². The van der Waals surface area contributed by atoms with Crippen molar-refractivity contribution in [2.75, 3.05) is 5.75 Å². The predicted octanol–water partition coefficient (Wildman–Crippen LogP) is -0.499. The fourth-order valence-corrected chi connectivity index (χ4v) is 1.17. The first-order chi connectivity index (χ1) is 4.15. The molecule has 1 heterocycles. The Labute approximate surface area is 56.1 Å². The molecule has 0 amide bonds. The van der Waals surface area contributed by atoms with Gasteiger partial charge in [0, 0.05) is 12.0 Å². The fourth-order valence-electron chi connectivity index (χ4n) is 0.491. The highest BCUT2D eigenvalue weighted by atomic mass is 32.2. The van der Waals surface area contributed by atoms with Crippen molar-refractivity contribution in [2.45, 2.75) is 4.99 Å². The van der Waals surface area contributed by atoms with Crippen molar-refractivity contribution in [3.8, 4) is 0 Å². The van der Waals surface area contributed by atoms with Crippen LogP contribution >= 0.6 is 11.8 Å². The molecule has 1 rings (SSSR count). The van der Waals surface area contributed by atoms with Crippen LogP contribution in [0.15, 0.2) is 4.99 Å². The molecule has 0 aromatic rings. The molecule has 4 nitrogen and oxygen atoms in total. The molecule has 0 unspecified atom stereocenters. The average Bonchev–Trinajstić information content (AvgIpc) is 2.16. The number of aliphatic carboxylic acids is 1. The van der Waals surface area contributed by atoms with Crippen molar-refractivity contribution in [1.29, 1.82) is 0 Å². The summed E-state index contributed by atoms with van der Waals surface area (Å²) in [5.74, 6) is -0.496. The average molecular weight is 146 g/mol. The number of carboxylic acid groups (broad SMARTS) is 1. The van der Waals surface area contributed by atoms with Gasteiger partial charge in [-0.1, -0.05) is 11.8 Å². The molecule has 0 saturated heterocycles. The molecule has 1 aliphatic heterocycles. The van der Waals surface area contributed by atoms with Crippen LogP contribution in [0.3, 0.4) is 0 Å². The van der Waals surface area contributed by atoms with E-state index in [1.165, 1.54) is 6.21 Å². The lowest BCUT2D eigenvalue weighted by molar-refractivity contribution is -0.139. The molecule has 0 aliphatic carbocycles. The number of carbonyl (C=O) groups is 1. The summed E-state index contributed by atoms with van der Waals surface area (Å²) in [4.78, 5) is 12.4. The van der Waals surface area contributed by atoms with Crippen molar-refractivity contribution in [3.05, 3.63) is 0 Å². The summed E-state index contributed by atoms with van der Waals surface area (Å²) in [6.45, 7) is 0. The van der Waals surface area contributed by atoms with Crippen molar-refractivity contribution < 1.29 is 9.90 Å². The third-order valence-electron chi connectivity index (χ3n) is 0.967. The summed E-state index contributed by atoms with van der Waals surface area (Å²) in [6, 6.07) is 0. The minimum absolute atomic E-state index is 0.586. The van der Waals surface area contributed by atoms with Gasteiger partial charge in [0.25, 0.3) is 4.99 Å². The van der Waals surface area contributed by atoms with E-state index in [4.69, 9.17) is 10.8 Å². The van der Waals surface area contributed by atoms with Crippen LogP contribution in [-0.2, 0) is 4.79 Å². The molecule has 9 heavy (non-hydrogen) atoms. The molecule has 0 aromatic heterocycles. The Bertz CT molecular complexity index is 170. The van der Waals surface area contributed by atoms with Crippen molar-refractivity contribution in [2.24, 2.45) is 10.7 Å². The Hall–Kier alpha value is -0.550. The Kier molecular flexibility index (Phi) is 1.46. The number of nitrogens with two attached hydrogens (primary N) is 1. The first kappa shape index (κ1) is 6.57. The van der Waals surface area contributed by atoms with Gasteiger partial charge in [0.05, 0.1) is 0 Å². The zero-order chi connectivity index (χ0) is 6.91. The molecule has 3 N–H and O–H groups in total. The van der Waals surface area contributed by atoms with Gasteiger partial charge in [-0.3, -0.25) is 10.7 Å². The van der Waals surface area contributed by atoms with Gasteiger partial charge in [-0.05, 0) is 0 Å². The molecule has 5 heteroatoms. The second kappa shape index (κ2) is 2.00. The number of nitrogens with zero attached hydrogens (tertiary/aromatic N) is 1. The van der Waals surface area contributed by atoms with Gasteiger partial charge in [-0.15, -0.1) is 0 Å².